The molecule has 0 unspecified atom stereocenters. The van der Waals surface area contributed by atoms with Gasteiger partial charge in [-0.25, -0.2) is 0 Å². The molecule has 2 N–H and O–H groups in total. The molecule has 0 aliphatic carbocycles. The van der Waals surface area contributed by atoms with Gasteiger partial charge in [0.15, 0.2) is 5.78 Å². The highest BCUT2D eigenvalue weighted by atomic mass is 16.5. The Hall–Kier alpha value is -3.34. The Morgan fingerprint density at radius 1 is 1.10 bits per heavy atom. The summed E-state index contributed by atoms with van der Waals surface area (Å²) < 4.78 is 5.36. The van der Waals surface area contributed by atoms with Crippen molar-refractivity contribution in [2.45, 2.75) is 39.7 Å². The van der Waals surface area contributed by atoms with Crippen LogP contribution in [0.5, 0.6) is 5.75 Å². The third kappa shape index (κ3) is 5.17. The molecule has 2 aromatic carbocycles. The fraction of sp³-hybridized carbons (Fsp3) is 0.280. The Morgan fingerprint density at radius 2 is 1.80 bits per heavy atom. The number of benzene rings is 2. The lowest BCUT2D eigenvalue weighted by Gasteiger charge is -2.35. The molecule has 5 heteroatoms. The minimum absolute atomic E-state index is 0.105. The van der Waals surface area contributed by atoms with Crippen molar-refractivity contribution in [3.8, 4) is 5.75 Å². The van der Waals surface area contributed by atoms with Crippen LogP contribution in [0.4, 0.5) is 5.69 Å². The number of hydrogen-bond acceptors (Lipinski definition) is 4. The van der Waals surface area contributed by atoms with E-state index in [0.717, 1.165) is 29.0 Å². The lowest BCUT2D eigenvalue weighted by molar-refractivity contribution is -0.111. The number of carbonyl (C=O) groups excluding carboxylic acids is 2. The summed E-state index contributed by atoms with van der Waals surface area (Å²) in [5, 5.41) is 6.27. The molecule has 0 spiro atoms. The van der Waals surface area contributed by atoms with Crippen LogP contribution in [-0.4, -0.2) is 24.3 Å². The molecule has 3 rings (SSSR count). The van der Waals surface area contributed by atoms with E-state index in [1.807, 2.05) is 26.0 Å². The van der Waals surface area contributed by atoms with E-state index in [-0.39, 0.29) is 17.2 Å². The highest BCUT2D eigenvalue weighted by molar-refractivity contribution is 6.09. The van der Waals surface area contributed by atoms with Gasteiger partial charge in [-0.3, -0.25) is 9.59 Å². The lowest BCUT2D eigenvalue weighted by Crippen LogP contribution is -2.43. The van der Waals surface area contributed by atoms with Crippen LogP contribution in [0.25, 0.3) is 5.70 Å². The predicted molar refractivity (Wildman–Crippen MR) is 121 cm³/mol. The molecule has 5 nitrogen and oxygen atoms in total. The zero-order valence-corrected chi connectivity index (χ0v) is 18.1. The summed E-state index contributed by atoms with van der Waals surface area (Å²) in [5.74, 6) is 0.464. The molecular weight excluding hydrogens is 376 g/mol. The summed E-state index contributed by atoms with van der Waals surface area (Å²) in [4.78, 5) is 24.8. The molecule has 2 aromatic rings. The molecule has 0 saturated carbocycles. The van der Waals surface area contributed by atoms with Crippen LogP contribution < -0.4 is 15.4 Å². The van der Waals surface area contributed by atoms with Gasteiger partial charge in [0.05, 0.1) is 7.11 Å². The summed E-state index contributed by atoms with van der Waals surface area (Å²) in [6, 6.07) is 12.9. The number of fused-ring (bicyclic) bond motifs is 1. The molecule has 0 saturated heterocycles. The van der Waals surface area contributed by atoms with E-state index in [0.29, 0.717) is 11.3 Å². The molecule has 30 heavy (non-hydrogen) atoms. The molecule has 1 amide bonds. The van der Waals surface area contributed by atoms with Crippen LogP contribution in [0.15, 0.2) is 60.2 Å². The first-order valence-corrected chi connectivity index (χ1v) is 9.94. The summed E-state index contributed by atoms with van der Waals surface area (Å²) in [6.07, 6.45) is 4.03. The number of carbonyl (C=O) groups is 2. The van der Waals surface area contributed by atoms with Crippen molar-refractivity contribution in [1.82, 2.24) is 5.32 Å². The molecule has 1 heterocycles. The normalized spacial score (nSPS) is 15.6. The lowest BCUT2D eigenvalue weighted by atomic mass is 9.85. The van der Waals surface area contributed by atoms with E-state index in [1.165, 1.54) is 11.6 Å². The SMILES string of the molecule is COc1ccc2c(c1)/C(=C/C(=O)c1ccc(NC(=O)C=C(C)C)cc1)NC(C)(C)C2. The number of ketones is 1. The van der Waals surface area contributed by atoms with Crippen LogP contribution in [-0.2, 0) is 11.2 Å². The molecule has 0 fully saturated rings. The van der Waals surface area contributed by atoms with E-state index in [4.69, 9.17) is 4.74 Å². The van der Waals surface area contributed by atoms with Gasteiger partial charge in [-0.1, -0.05) is 11.6 Å². The molecule has 0 atom stereocenters. The summed E-state index contributed by atoms with van der Waals surface area (Å²) >= 11 is 0. The second-order valence-electron chi connectivity index (χ2n) is 8.42. The number of nitrogens with one attached hydrogen (secondary N) is 2. The number of allylic oxidation sites excluding steroid dienone is 2. The van der Waals surface area contributed by atoms with Gasteiger partial charge < -0.3 is 15.4 Å². The van der Waals surface area contributed by atoms with Gasteiger partial charge in [-0.2, -0.15) is 0 Å². The largest absolute Gasteiger partial charge is 0.497 e. The maximum Gasteiger partial charge on any atom is 0.248 e. The zero-order chi connectivity index (χ0) is 21.9. The monoisotopic (exact) mass is 404 g/mol. The van der Waals surface area contributed by atoms with E-state index >= 15 is 0 Å². The van der Waals surface area contributed by atoms with Crippen LogP contribution in [0.3, 0.4) is 0 Å². The van der Waals surface area contributed by atoms with Gasteiger partial charge in [-0.05, 0) is 76.1 Å². The third-order valence-corrected chi connectivity index (χ3v) is 4.84. The number of ether oxygens (including phenoxy) is 1. The number of rotatable bonds is 5. The maximum atomic E-state index is 12.9. The van der Waals surface area contributed by atoms with E-state index in [1.54, 1.807) is 37.5 Å². The van der Waals surface area contributed by atoms with E-state index < -0.39 is 0 Å². The van der Waals surface area contributed by atoms with Crippen LogP contribution in [0.1, 0.15) is 49.2 Å². The van der Waals surface area contributed by atoms with Crippen molar-refractivity contribution in [2.75, 3.05) is 12.4 Å². The molecular formula is C25H28N2O3. The second kappa shape index (κ2) is 8.57. The first-order valence-electron chi connectivity index (χ1n) is 9.94. The number of hydrogen-bond donors (Lipinski definition) is 2. The smallest absolute Gasteiger partial charge is 0.248 e. The van der Waals surface area contributed by atoms with Gasteiger partial charge in [0.25, 0.3) is 0 Å². The maximum absolute atomic E-state index is 12.9. The standard InChI is InChI=1S/C25H28N2O3/c1-16(2)12-24(29)26-19-9-6-17(7-10-19)23(28)14-22-21-13-20(30-5)11-8-18(21)15-25(3,4)27-22/h6-14,27H,15H2,1-5H3,(H,26,29)/b22-14-. The van der Waals surface area contributed by atoms with Gasteiger partial charge in [0.2, 0.25) is 5.91 Å². The average molecular weight is 405 g/mol. The Balaban J connectivity index is 1.85. The topological polar surface area (TPSA) is 67.4 Å². The summed E-state index contributed by atoms with van der Waals surface area (Å²) in [5.41, 5.74) is 4.90. The molecule has 1 aliphatic heterocycles. The highest BCUT2D eigenvalue weighted by Crippen LogP contribution is 2.32. The second-order valence-corrected chi connectivity index (χ2v) is 8.42. The van der Waals surface area contributed by atoms with Crippen molar-refractivity contribution in [3.05, 3.63) is 76.9 Å². The van der Waals surface area contributed by atoms with Gasteiger partial charge >= 0.3 is 0 Å². The molecule has 0 radical (unpaired) electrons. The van der Waals surface area contributed by atoms with Crippen molar-refractivity contribution in [2.24, 2.45) is 0 Å². The van der Waals surface area contributed by atoms with Crippen molar-refractivity contribution in [3.63, 3.8) is 0 Å². The number of amides is 1. The minimum Gasteiger partial charge on any atom is -0.497 e. The van der Waals surface area contributed by atoms with Crippen molar-refractivity contribution < 1.29 is 14.3 Å². The van der Waals surface area contributed by atoms with Crippen LogP contribution in [0, 0.1) is 0 Å². The Morgan fingerprint density at radius 3 is 2.43 bits per heavy atom. The molecule has 1 aliphatic rings. The molecule has 0 bridgehead atoms. The Labute approximate surface area is 177 Å². The summed E-state index contributed by atoms with van der Waals surface area (Å²) in [7, 11) is 1.63. The predicted octanol–water partition coefficient (Wildman–Crippen LogP) is 4.75. The minimum atomic E-state index is -0.185. The number of methoxy groups -OCH3 is 1. The van der Waals surface area contributed by atoms with E-state index in [9.17, 15) is 9.59 Å². The quantitative estimate of drug-likeness (QED) is 0.558. The zero-order valence-electron chi connectivity index (χ0n) is 18.1. The van der Waals surface area contributed by atoms with Gasteiger partial charge in [0, 0.05) is 40.2 Å². The highest BCUT2D eigenvalue weighted by Gasteiger charge is 2.28. The molecule has 0 aromatic heterocycles. The first kappa shape index (κ1) is 21.4. The van der Waals surface area contributed by atoms with Crippen LogP contribution >= 0.6 is 0 Å². The molecule has 156 valence electrons. The van der Waals surface area contributed by atoms with Gasteiger partial charge in [-0.15, -0.1) is 0 Å². The van der Waals surface area contributed by atoms with E-state index in [2.05, 4.69) is 30.5 Å². The van der Waals surface area contributed by atoms with Crippen molar-refractivity contribution >= 4 is 23.1 Å². The van der Waals surface area contributed by atoms with Crippen molar-refractivity contribution in [1.29, 1.82) is 0 Å². The Bertz CT molecular complexity index is 1030. The average Bonchev–Trinajstić information content (AvgIpc) is 2.66. The third-order valence-electron chi connectivity index (χ3n) is 4.84. The van der Waals surface area contributed by atoms with Gasteiger partial charge in [0.1, 0.15) is 5.75 Å². The fourth-order valence-electron chi connectivity index (χ4n) is 3.53. The first-order chi connectivity index (χ1) is 14.2. The Kier molecular flexibility index (Phi) is 6.11. The summed E-state index contributed by atoms with van der Waals surface area (Å²) in [6.45, 7) is 7.96. The van der Waals surface area contributed by atoms with Crippen LogP contribution in [0.2, 0.25) is 0 Å². The number of anilines is 1. The fourth-order valence-corrected chi connectivity index (χ4v) is 3.53.